The topological polar surface area (TPSA) is 59.6 Å². The molecule has 0 radical (unpaired) electrons. The van der Waals surface area contributed by atoms with Gasteiger partial charge in [-0.25, -0.2) is 4.79 Å². The Morgan fingerprint density at radius 2 is 1.50 bits per heavy atom. The molecule has 2 amide bonds. The Morgan fingerprint density at radius 1 is 0.912 bits per heavy atom. The van der Waals surface area contributed by atoms with Gasteiger partial charge >= 0.3 is 6.03 Å². The molecule has 1 aliphatic carbocycles. The number of nitrogens with one attached hydrogen (secondary N) is 2. The number of ether oxygens (including phenoxy) is 2. The standard InChI is InChI=1S/C25H50N2O3.2C2H6/c1-5-16-29-18-10-11-19-30-17-9-7-8-15-26-24(28)27-25(20-22(3)4)14-12-13-23(6-2)21-25;2*1-2/h22-23H,5-21H2,1-4H3,(H2,26,27,28);2*1-2H3. The fraction of sp³-hybridized carbons (Fsp3) is 0.966. The highest BCUT2D eigenvalue weighted by atomic mass is 16.5. The first kappa shape index (κ1) is 35.4. The summed E-state index contributed by atoms with van der Waals surface area (Å²) >= 11 is 0. The Balaban J connectivity index is 0. The van der Waals surface area contributed by atoms with Crippen LogP contribution in [0.1, 0.15) is 132 Å². The predicted octanol–water partition coefficient (Wildman–Crippen LogP) is 8.12. The molecular weight excluding hydrogens is 424 g/mol. The van der Waals surface area contributed by atoms with E-state index in [9.17, 15) is 4.79 Å². The summed E-state index contributed by atoms with van der Waals surface area (Å²) in [5, 5.41) is 6.48. The Labute approximate surface area is 213 Å². The van der Waals surface area contributed by atoms with Gasteiger partial charge in [0.1, 0.15) is 0 Å². The van der Waals surface area contributed by atoms with Crippen molar-refractivity contribution in [2.45, 2.75) is 138 Å². The number of hydrogen-bond acceptors (Lipinski definition) is 3. The van der Waals surface area contributed by atoms with E-state index in [0.717, 1.165) is 96.7 Å². The van der Waals surface area contributed by atoms with E-state index >= 15 is 0 Å². The quantitative estimate of drug-likeness (QED) is 0.204. The average molecular weight is 487 g/mol. The molecule has 5 heteroatoms. The number of rotatable bonds is 17. The van der Waals surface area contributed by atoms with Crippen molar-refractivity contribution in [2.75, 3.05) is 33.0 Å². The van der Waals surface area contributed by atoms with E-state index in [1.54, 1.807) is 0 Å². The van der Waals surface area contributed by atoms with Crippen molar-refractivity contribution in [2.24, 2.45) is 11.8 Å². The first-order valence-corrected chi connectivity index (χ1v) is 14.7. The Hall–Kier alpha value is -0.810. The normalized spacial score (nSPS) is 19.5. The number of urea groups is 1. The number of carbonyl (C=O) groups is 1. The second-order valence-corrected chi connectivity index (χ2v) is 9.62. The molecule has 0 aromatic rings. The van der Waals surface area contributed by atoms with Crippen molar-refractivity contribution in [3.8, 4) is 0 Å². The molecule has 0 bridgehead atoms. The molecule has 0 aromatic carbocycles. The third kappa shape index (κ3) is 19.5. The van der Waals surface area contributed by atoms with Crippen LogP contribution in [-0.4, -0.2) is 44.5 Å². The van der Waals surface area contributed by atoms with Gasteiger partial charge in [0.15, 0.2) is 0 Å². The van der Waals surface area contributed by atoms with Crippen LogP contribution >= 0.6 is 0 Å². The van der Waals surface area contributed by atoms with Crippen LogP contribution in [0.2, 0.25) is 0 Å². The van der Waals surface area contributed by atoms with E-state index in [1.807, 2.05) is 27.7 Å². The van der Waals surface area contributed by atoms with Crippen molar-refractivity contribution in [1.82, 2.24) is 10.6 Å². The van der Waals surface area contributed by atoms with E-state index in [0.29, 0.717) is 5.92 Å². The third-order valence-electron chi connectivity index (χ3n) is 6.13. The molecule has 2 unspecified atom stereocenters. The van der Waals surface area contributed by atoms with Gasteiger partial charge in [0.05, 0.1) is 0 Å². The summed E-state index contributed by atoms with van der Waals surface area (Å²) in [5.41, 5.74) is -0.00735. The summed E-state index contributed by atoms with van der Waals surface area (Å²) < 4.78 is 11.1. The molecule has 1 fully saturated rings. The molecule has 1 rings (SSSR count). The highest BCUT2D eigenvalue weighted by Gasteiger charge is 2.37. The van der Waals surface area contributed by atoms with Crippen LogP contribution in [0.3, 0.4) is 0 Å². The SMILES string of the molecule is CC.CC.CCCOCCCCOCCCCCNC(=O)NC1(CC(C)C)CCCC(CC)C1. The first-order chi connectivity index (χ1) is 16.5. The van der Waals surface area contributed by atoms with Crippen LogP contribution in [0.5, 0.6) is 0 Å². The lowest BCUT2D eigenvalue weighted by Crippen LogP contribution is -2.55. The van der Waals surface area contributed by atoms with Crippen molar-refractivity contribution < 1.29 is 14.3 Å². The summed E-state index contributed by atoms with van der Waals surface area (Å²) in [6.45, 7) is 21.0. The molecule has 2 N–H and O–H groups in total. The first-order valence-electron chi connectivity index (χ1n) is 14.7. The maximum atomic E-state index is 12.5. The summed E-state index contributed by atoms with van der Waals surface area (Å²) in [4.78, 5) is 12.5. The summed E-state index contributed by atoms with van der Waals surface area (Å²) in [6, 6.07) is 0.0222. The molecule has 0 heterocycles. The molecule has 5 nitrogen and oxygen atoms in total. The Morgan fingerprint density at radius 3 is 2.06 bits per heavy atom. The average Bonchev–Trinajstić information content (AvgIpc) is 2.84. The van der Waals surface area contributed by atoms with Gasteiger partial charge in [-0.2, -0.15) is 0 Å². The van der Waals surface area contributed by atoms with Crippen molar-refractivity contribution in [3.63, 3.8) is 0 Å². The van der Waals surface area contributed by atoms with E-state index in [-0.39, 0.29) is 11.6 Å². The van der Waals surface area contributed by atoms with Crippen LogP contribution in [0, 0.1) is 11.8 Å². The van der Waals surface area contributed by atoms with Crippen LogP contribution in [0.15, 0.2) is 0 Å². The Bertz CT molecular complexity index is 432. The van der Waals surface area contributed by atoms with Gasteiger partial charge in [0.2, 0.25) is 0 Å². The third-order valence-corrected chi connectivity index (χ3v) is 6.13. The monoisotopic (exact) mass is 486 g/mol. The summed E-state index contributed by atoms with van der Waals surface area (Å²) in [7, 11) is 0. The predicted molar refractivity (Wildman–Crippen MR) is 149 cm³/mol. The van der Waals surface area contributed by atoms with Gasteiger partial charge in [0, 0.05) is 38.5 Å². The van der Waals surface area contributed by atoms with Crippen molar-refractivity contribution in [1.29, 1.82) is 0 Å². The van der Waals surface area contributed by atoms with Gasteiger partial charge in [-0.05, 0) is 69.6 Å². The second kappa shape index (κ2) is 25.3. The fourth-order valence-electron chi connectivity index (χ4n) is 4.72. The molecule has 0 spiro atoms. The lowest BCUT2D eigenvalue weighted by atomic mass is 9.71. The largest absolute Gasteiger partial charge is 0.381 e. The number of unbranched alkanes of at least 4 members (excludes halogenated alkanes) is 3. The van der Waals surface area contributed by atoms with Gasteiger partial charge in [-0.15, -0.1) is 0 Å². The molecule has 0 saturated heterocycles. The van der Waals surface area contributed by atoms with Crippen molar-refractivity contribution in [3.05, 3.63) is 0 Å². The zero-order chi connectivity index (χ0) is 26.1. The molecule has 1 aliphatic rings. The Kier molecular flexibility index (Phi) is 26.3. The molecule has 206 valence electrons. The van der Waals surface area contributed by atoms with Gasteiger partial charge in [-0.3, -0.25) is 0 Å². The summed E-state index contributed by atoms with van der Waals surface area (Å²) in [6.07, 6.45) is 13.5. The van der Waals surface area contributed by atoms with Crippen LogP contribution in [-0.2, 0) is 9.47 Å². The molecule has 34 heavy (non-hydrogen) atoms. The van der Waals surface area contributed by atoms with E-state index < -0.39 is 0 Å². The van der Waals surface area contributed by atoms with E-state index in [1.165, 1.54) is 19.3 Å². The molecule has 1 saturated carbocycles. The highest BCUT2D eigenvalue weighted by Crippen LogP contribution is 2.38. The van der Waals surface area contributed by atoms with Crippen LogP contribution in [0.4, 0.5) is 4.79 Å². The zero-order valence-corrected chi connectivity index (χ0v) is 24.4. The number of carbonyl (C=O) groups excluding carboxylic acids is 1. The second-order valence-electron chi connectivity index (χ2n) is 9.62. The highest BCUT2D eigenvalue weighted by molar-refractivity contribution is 5.74. The van der Waals surface area contributed by atoms with E-state index in [4.69, 9.17) is 9.47 Å². The molecule has 0 aliphatic heterocycles. The molecule has 2 atom stereocenters. The number of amides is 2. The molecule has 0 aromatic heterocycles. The van der Waals surface area contributed by atoms with Gasteiger partial charge in [-0.1, -0.05) is 74.7 Å². The minimum Gasteiger partial charge on any atom is -0.381 e. The summed E-state index contributed by atoms with van der Waals surface area (Å²) in [5.74, 6) is 1.35. The van der Waals surface area contributed by atoms with Crippen LogP contribution in [0.25, 0.3) is 0 Å². The fourth-order valence-corrected chi connectivity index (χ4v) is 4.72. The number of hydrogen-bond donors (Lipinski definition) is 2. The molecular formula is C29H62N2O3. The maximum Gasteiger partial charge on any atom is 0.315 e. The van der Waals surface area contributed by atoms with Gasteiger partial charge in [0.25, 0.3) is 0 Å². The minimum atomic E-state index is -0.00735. The smallest absolute Gasteiger partial charge is 0.315 e. The van der Waals surface area contributed by atoms with E-state index in [2.05, 4.69) is 38.3 Å². The lowest BCUT2D eigenvalue weighted by molar-refractivity contribution is 0.101. The van der Waals surface area contributed by atoms with Crippen LogP contribution < -0.4 is 10.6 Å². The minimum absolute atomic E-state index is 0.00735. The maximum absolute atomic E-state index is 12.5. The van der Waals surface area contributed by atoms with Crippen molar-refractivity contribution >= 4 is 6.03 Å². The zero-order valence-electron chi connectivity index (χ0n) is 24.4. The van der Waals surface area contributed by atoms with Gasteiger partial charge < -0.3 is 20.1 Å². The lowest BCUT2D eigenvalue weighted by Gasteiger charge is -2.42.